The number of hydrogen-bond acceptors (Lipinski definition) is 5. The summed E-state index contributed by atoms with van der Waals surface area (Å²) in [5.41, 5.74) is 1.87. The molecule has 0 bridgehead atoms. The van der Waals surface area contributed by atoms with Gasteiger partial charge in [-0.15, -0.1) is 0 Å². The Kier molecular flexibility index (Phi) is 6.64. The number of hydrogen-bond donors (Lipinski definition) is 0. The number of carbonyl (C=O) groups is 1. The monoisotopic (exact) mass is 509 g/mol. The Balaban J connectivity index is 1.47. The van der Waals surface area contributed by atoms with Gasteiger partial charge in [0.2, 0.25) is 10.0 Å². The van der Waals surface area contributed by atoms with E-state index in [1.165, 1.54) is 39.9 Å². The molecule has 0 atom stereocenters. The summed E-state index contributed by atoms with van der Waals surface area (Å²) in [5.74, 6) is -0.672. The van der Waals surface area contributed by atoms with E-state index in [4.69, 9.17) is 0 Å². The van der Waals surface area contributed by atoms with Crippen LogP contribution in [0.25, 0.3) is 10.2 Å². The molecule has 0 N–H and O–H groups in total. The number of fused-ring (bicyclic) bond motifs is 1. The van der Waals surface area contributed by atoms with Crippen LogP contribution in [0.1, 0.15) is 35.2 Å². The van der Waals surface area contributed by atoms with E-state index in [-0.39, 0.29) is 23.2 Å². The molecule has 0 spiro atoms. The predicted octanol–water partition coefficient (Wildman–Crippen LogP) is 5.46. The first-order chi connectivity index (χ1) is 16.9. The van der Waals surface area contributed by atoms with Crippen molar-refractivity contribution < 1.29 is 17.6 Å². The minimum absolute atomic E-state index is 0.182. The van der Waals surface area contributed by atoms with Gasteiger partial charge in [-0.3, -0.25) is 9.69 Å². The van der Waals surface area contributed by atoms with Crippen LogP contribution >= 0.6 is 11.3 Å². The fraction of sp³-hybridized carbons (Fsp3) is 0.231. The number of benzene rings is 3. The van der Waals surface area contributed by atoms with Gasteiger partial charge in [-0.1, -0.05) is 48.1 Å². The topological polar surface area (TPSA) is 70.6 Å². The van der Waals surface area contributed by atoms with Crippen LogP contribution in [0.15, 0.2) is 77.7 Å². The number of nitrogens with zero attached hydrogens (tertiary/aromatic N) is 3. The highest BCUT2D eigenvalue weighted by Gasteiger charge is 2.27. The number of thiazole rings is 1. The lowest BCUT2D eigenvalue weighted by Crippen LogP contribution is -2.35. The van der Waals surface area contributed by atoms with Crippen molar-refractivity contribution in [1.29, 1.82) is 0 Å². The highest BCUT2D eigenvalue weighted by molar-refractivity contribution is 7.89. The van der Waals surface area contributed by atoms with E-state index in [9.17, 15) is 17.6 Å². The lowest BCUT2D eigenvalue weighted by Gasteiger charge is -2.26. The van der Waals surface area contributed by atoms with E-state index in [0.29, 0.717) is 34.0 Å². The van der Waals surface area contributed by atoms with Crippen LogP contribution < -0.4 is 4.90 Å². The fourth-order valence-corrected chi connectivity index (χ4v) is 6.68. The third-order valence-electron chi connectivity index (χ3n) is 6.05. The zero-order chi connectivity index (χ0) is 24.4. The smallest absolute Gasteiger partial charge is 0.260 e. The van der Waals surface area contributed by atoms with Crippen LogP contribution in [0.5, 0.6) is 0 Å². The zero-order valence-electron chi connectivity index (χ0n) is 18.9. The lowest BCUT2D eigenvalue weighted by atomic mass is 10.1. The van der Waals surface area contributed by atoms with Gasteiger partial charge in [0.25, 0.3) is 5.91 Å². The zero-order valence-corrected chi connectivity index (χ0v) is 20.6. The van der Waals surface area contributed by atoms with E-state index in [0.717, 1.165) is 24.8 Å². The molecule has 35 heavy (non-hydrogen) atoms. The largest absolute Gasteiger partial charge is 0.279 e. The summed E-state index contributed by atoms with van der Waals surface area (Å²) in [6.07, 6.45) is 2.75. The quantitative estimate of drug-likeness (QED) is 0.346. The molecule has 0 aliphatic carbocycles. The van der Waals surface area contributed by atoms with Crippen molar-refractivity contribution in [1.82, 2.24) is 9.29 Å². The molecule has 2 heterocycles. The van der Waals surface area contributed by atoms with Gasteiger partial charge in [-0.25, -0.2) is 17.8 Å². The molecule has 1 amide bonds. The van der Waals surface area contributed by atoms with Crippen LogP contribution in [0.3, 0.4) is 0 Å². The van der Waals surface area contributed by atoms with E-state index < -0.39 is 10.0 Å². The number of piperidine rings is 1. The molecule has 3 aromatic carbocycles. The minimum atomic E-state index is -3.58. The Bertz CT molecular complexity index is 1450. The van der Waals surface area contributed by atoms with Crippen molar-refractivity contribution in [3.63, 3.8) is 0 Å². The number of amides is 1. The molecule has 9 heteroatoms. The molecule has 180 valence electrons. The molecule has 0 unspecified atom stereocenters. The minimum Gasteiger partial charge on any atom is -0.279 e. The van der Waals surface area contributed by atoms with Crippen LogP contribution in [-0.4, -0.2) is 36.7 Å². The Morgan fingerprint density at radius 1 is 0.971 bits per heavy atom. The maximum atomic E-state index is 13.7. The predicted molar refractivity (Wildman–Crippen MR) is 136 cm³/mol. The molecule has 0 radical (unpaired) electrons. The average Bonchev–Trinajstić information content (AvgIpc) is 3.31. The van der Waals surface area contributed by atoms with Crippen LogP contribution in [0.2, 0.25) is 0 Å². The summed E-state index contributed by atoms with van der Waals surface area (Å²) in [6.45, 7) is 1.31. The Hall–Kier alpha value is -3.14. The van der Waals surface area contributed by atoms with E-state index >= 15 is 0 Å². The standard InChI is InChI=1S/C26H24FN3O3S2/c27-21-11-14-23-24(17-21)34-26(28-23)30(18-19-7-3-1-4-8-19)25(31)20-9-12-22(13-10-20)35(32,33)29-15-5-2-6-16-29/h1,3-4,7-14,17H,2,5-6,15-16,18H2. The summed E-state index contributed by atoms with van der Waals surface area (Å²) < 4.78 is 41.9. The van der Waals surface area contributed by atoms with Gasteiger partial charge in [0, 0.05) is 18.7 Å². The van der Waals surface area contributed by atoms with Crippen LogP contribution in [-0.2, 0) is 16.6 Å². The molecule has 5 rings (SSSR count). The van der Waals surface area contributed by atoms with Crippen molar-refractivity contribution in [2.45, 2.75) is 30.7 Å². The molecular formula is C26H24FN3O3S2. The first-order valence-corrected chi connectivity index (χ1v) is 13.7. The Morgan fingerprint density at radius 3 is 2.40 bits per heavy atom. The van der Waals surface area contributed by atoms with Crippen molar-refractivity contribution >= 4 is 42.6 Å². The number of rotatable bonds is 6. The maximum Gasteiger partial charge on any atom is 0.260 e. The number of sulfonamides is 1. The van der Waals surface area contributed by atoms with Gasteiger partial charge in [0.15, 0.2) is 5.13 Å². The fourth-order valence-electron chi connectivity index (χ4n) is 4.17. The summed E-state index contributed by atoms with van der Waals surface area (Å²) in [5, 5.41) is 0.449. The van der Waals surface area contributed by atoms with E-state index in [2.05, 4.69) is 4.98 Å². The normalized spacial score (nSPS) is 14.8. The molecule has 1 aromatic heterocycles. The molecule has 1 aliphatic rings. The van der Waals surface area contributed by atoms with Crippen LogP contribution in [0.4, 0.5) is 9.52 Å². The van der Waals surface area contributed by atoms with Crippen molar-refractivity contribution in [2.24, 2.45) is 0 Å². The summed E-state index contributed by atoms with van der Waals surface area (Å²) in [6, 6.07) is 19.9. The first kappa shape index (κ1) is 23.6. The maximum absolute atomic E-state index is 13.7. The molecule has 1 fully saturated rings. The second-order valence-electron chi connectivity index (χ2n) is 8.47. The van der Waals surface area contributed by atoms with Crippen molar-refractivity contribution in [3.05, 3.63) is 89.7 Å². The molecule has 1 aliphatic heterocycles. The third-order valence-corrected chi connectivity index (χ3v) is 9.01. The molecule has 6 nitrogen and oxygen atoms in total. The van der Waals surface area contributed by atoms with Gasteiger partial charge >= 0.3 is 0 Å². The van der Waals surface area contributed by atoms with E-state index in [1.807, 2.05) is 30.3 Å². The second-order valence-corrected chi connectivity index (χ2v) is 11.4. The highest BCUT2D eigenvalue weighted by atomic mass is 32.2. The summed E-state index contributed by atoms with van der Waals surface area (Å²) in [4.78, 5) is 19.9. The van der Waals surface area contributed by atoms with Crippen molar-refractivity contribution in [2.75, 3.05) is 18.0 Å². The molecular weight excluding hydrogens is 485 g/mol. The number of carbonyl (C=O) groups excluding carboxylic acids is 1. The second kappa shape index (κ2) is 9.85. The lowest BCUT2D eigenvalue weighted by molar-refractivity contribution is 0.0985. The Morgan fingerprint density at radius 2 is 1.69 bits per heavy atom. The SMILES string of the molecule is O=C(c1ccc(S(=O)(=O)N2CCCCC2)cc1)N(Cc1ccccc1)c1nc2ccc(F)cc2s1. The van der Waals surface area contributed by atoms with Gasteiger partial charge in [-0.05, 0) is 60.9 Å². The van der Waals surface area contributed by atoms with Gasteiger partial charge < -0.3 is 0 Å². The molecule has 0 saturated carbocycles. The summed E-state index contributed by atoms with van der Waals surface area (Å²) in [7, 11) is -3.58. The van der Waals surface area contributed by atoms with Gasteiger partial charge in [0.1, 0.15) is 5.82 Å². The first-order valence-electron chi connectivity index (χ1n) is 11.4. The molecule has 4 aromatic rings. The summed E-state index contributed by atoms with van der Waals surface area (Å²) >= 11 is 1.24. The van der Waals surface area contributed by atoms with E-state index in [1.54, 1.807) is 23.1 Å². The average molecular weight is 510 g/mol. The molecule has 1 saturated heterocycles. The van der Waals surface area contributed by atoms with Crippen molar-refractivity contribution in [3.8, 4) is 0 Å². The number of anilines is 1. The number of aromatic nitrogens is 1. The highest BCUT2D eigenvalue weighted by Crippen LogP contribution is 2.31. The van der Waals surface area contributed by atoms with Crippen LogP contribution in [0, 0.1) is 5.82 Å². The number of halogens is 1. The third kappa shape index (κ3) is 4.98. The van der Waals surface area contributed by atoms with Gasteiger partial charge in [-0.2, -0.15) is 4.31 Å². The Labute approximate surface area is 207 Å². The van der Waals surface area contributed by atoms with Gasteiger partial charge in [0.05, 0.1) is 21.7 Å².